The molecular formula is C18H17N5O2S. The fourth-order valence-electron chi connectivity index (χ4n) is 2.24. The number of nitrogens with zero attached hydrogens (tertiary/aromatic N) is 2. The zero-order valence-corrected chi connectivity index (χ0v) is 14.9. The first-order valence-electron chi connectivity index (χ1n) is 7.77. The Labute approximate surface area is 155 Å². The zero-order valence-electron chi connectivity index (χ0n) is 14.1. The van der Waals surface area contributed by atoms with E-state index in [1.165, 1.54) is 11.3 Å². The number of rotatable bonds is 6. The molecule has 7 nitrogen and oxygen atoms in total. The Balaban J connectivity index is 2.13. The highest BCUT2D eigenvalue weighted by molar-refractivity contribution is 7.08. The van der Waals surface area contributed by atoms with Crippen molar-refractivity contribution in [2.24, 2.45) is 0 Å². The van der Waals surface area contributed by atoms with Gasteiger partial charge in [0.2, 0.25) is 5.91 Å². The van der Waals surface area contributed by atoms with Crippen LogP contribution in [-0.2, 0) is 10.3 Å². The largest absolute Gasteiger partial charge is 0.353 e. The van der Waals surface area contributed by atoms with E-state index >= 15 is 0 Å². The number of amides is 3. The number of urea groups is 1. The van der Waals surface area contributed by atoms with E-state index in [0.29, 0.717) is 16.8 Å². The lowest BCUT2D eigenvalue weighted by Gasteiger charge is -2.29. The summed E-state index contributed by atoms with van der Waals surface area (Å²) < 4.78 is 0. The number of thiophene rings is 1. The van der Waals surface area contributed by atoms with Crippen LogP contribution >= 0.6 is 11.3 Å². The minimum Gasteiger partial charge on any atom is -0.353 e. The van der Waals surface area contributed by atoms with Crippen LogP contribution < -0.4 is 16.0 Å². The van der Waals surface area contributed by atoms with Gasteiger partial charge >= 0.3 is 6.03 Å². The Hall–Kier alpha value is -3.36. The van der Waals surface area contributed by atoms with E-state index in [2.05, 4.69) is 16.0 Å². The lowest BCUT2D eigenvalue weighted by molar-refractivity contribution is -0.126. The van der Waals surface area contributed by atoms with Crippen LogP contribution in [0.3, 0.4) is 0 Å². The summed E-state index contributed by atoms with van der Waals surface area (Å²) in [7, 11) is 0. The van der Waals surface area contributed by atoms with E-state index in [-0.39, 0.29) is 13.0 Å². The first-order chi connectivity index (χ1) is 12.5. The molecule has 0 fully saturated rings. The van der Waals surface area contributed by atoms with Gasteiger partial charge < -0.3 is 16.0 Å². The Morgan fingerprint density at radius 1 is 1.19 bits per heavy atom. The molecule has 1 atom stereocenters. The summed E-state index contributed by atoms with van der Waals surface area (Å²) in [6.45, 7) is 1.81. The molecule has 0 saturated heterocycles. The highest BCUT2D eigenvalue weighted by atomic mass is 32.1. The molecule has 3 N–H and O–H groups in total. The highest BCUT2D eigenvalue weighted by Gasteiger charge is 2.37. The minimum absolute atomic E-state index is 0.183. The number of hydrogen-bond donors (Lipinski definition) is 3. The van der Waals surface area contributed by atoms with Crippen LogP contribution in [0.1, 0.15) is 24.5 Å². The molecule has 0 radical (unpaired) electrons. The van der Waals surface area contributed by atoms with Gasteiger partial charge in [0, 0.05) is 12.2 Å². The summed E-state index contributed by atoms with van der Waals surface area (Å²) in [5.74, 6) is -0.402. The van der Waals surface area contributed by atoms with Crippen LogP contribution in [0, 0.1) is 22.7 Å². The highest BCUT2D eigenvalue weighted by Crippen LogP contribution is 2.24. The normalized spacial score (nSPS) is 12.1. The molecule has 2 aromatic rings. The molecule has 132 valence electrons. The van der Waals surface area contributed by atoms with Gasteiger partial charge in [0.1, 0.15) is 5.54 Å². The number of benzene rings is 1. The molecule has 0 bridgehead atoms. The molecule has 8 heteroatoms. The van der Waals surface area contributed by atoms with Gasteiger partial charge in [-0.15, -0.1) is 0 Å². The Kier molecular flexibility index (Phi) is 6.31. The first-order valence-corrected chi connectivity index (χ1v) is 8.71. The number of carbonyl (C=O) groups is 2. The second kappa shape index (κ2) is 8.65. The summed E-state index contributed by atoms with van der Waals surface area (Å²) in [6, 6.07) is 11.5. The lowest BCUT2D eigenvalue weighted by atomic mass is 9.93. The third-order valence-electron chi connectivity index (χ3n) is 3.71. The molecule has 0 saturated carbocycles. The van der Waals surface area contributed by atoms with Crippen molar-refractivity contribution >= 4 is 29.0 Å². The van der Waals surface area contributed by atoms with Gasteiger partial charge in [-0.25, -0.2) is 4.79 Å². The average molecular weight is 367 g/mol. The maximum atomic E-state index is 12.6. The number of hydrogen-bond acceptors (Lipinski definition) is 5. The van der Waals surface area contributed by atoms with Gasteiger partial charge in [-0.1, -0.05) is 0 Å². The fraction of sp³-hybridized carbons (Fsp3) is 0.222. The molecule has 1 unspecified atom stereocenters. The van der Waals surface area contributed by atoms with Crippen LogP contribution in [-0.4, -0.2) is 18.5 Å². The average Bonchev–Trinajstić information content (AvgIpc) is 3.17. The van der Waals surface area contributed by atoms with Gasteiger partial charge in [-0.05, 0) is 53.6 Å². The van der Waals surface area contributed by atoms with E-state index in [1.54, 1.807) is 42.6 Å². The standard InChI is InChI=1S/C18H17N5O2S/c1-18(14-7-10-26-12-14,16(24)21-9-2-8-19)23-17(25)22-15-5-3-13(11-20)4-6-15/h3-7,10,12H,2,9H2,1H3,(H,21,24)(H2,22,23,25). The van der Waals surface area contributed by atoms with Crippen LogP contribution in [0.15, 0.2) is 41.1 Å². The molecule has 0 aliphatic rings. The number of anilines is 1. The predicted octanol–water partition coefficient (Wildman–Crippen LogP) is 2.69. The summed E-state index contributed by atoms with van der Waals surface area (Å²) in [5, 5.41) is 29.0. The van der Waals surface area contributed by atoms with Crippen molar-refractivity contribution in [2.75, 3.05) is 11.9 Å². The molecule has 3 amide bonds. The van der Waals surface area contributed by atoms with Gasteiger partial charge in [0.15, 0.2) is 0 Å². The van der Waals surface area contributed by atoms with Crippen molar-refractivity contribution in [2.45, 2.75) is 18.9 Å². The van der Waals surface area contributed by atoms with Crippen molar-refractivity contribution in [3.63, 3.8) is 0 Å². The molecule has 0 aliphatic carbocycles. The maximum absolute atomic E-state index is 12.6. The molecule has 1 aromatic heterocycles. The third kappa shape index (κ3) is 4.59. The molecule has 0 aliphatic heterocycles. The number of nitriles is 2. The van der Waals surface area contributed by atoms with E-state index < -0.39 is 17.5 Å². The van der Waals surface area contributed by atoms with E-state index in [9.17, 15) is 9.59 Å². The zero-order chi connectivity index (χ0) is 19.0. The van der Waals surface area contributed by atoms with Crippen LogP contribution in [0.4, 0.5) is 10.5 Å². The second-order valence-corrected chi connectivity index (χ2v) is 6.35. The summed E-state index contributed by atoms with van der Waals surface area (Å²) in [6.07, 6.45) is 0.183. The molecule has 26 heavy (non-hydrogen) atoms. The van der Waals surface area contributed by atoms with Crippen LogP contribution in [0.2, 0.25) is 0 Å². The SMILES string of the molecule is CC(NC(=O)Nc1ccc(C#N)cc1)(C(=O)NCCC#N)c1ccsc1. The Bertz CT molecular complexity index is 849. The van der Waals surface area contributed by atoms with Crippen molar-refractivity contribution in [3.05, 3.63) is 52.2 Å². The molecule has 2 rings (SSSR count). The fourth-order valence-corrected chi connectivity index (χ4v) is 3.00. The molecule has 1 aromatic carbocycles. The maximum Gasteiger partial charge on any atom is 0.320 e. The minimum atomic E-state index is -1.29. The van der Waals surface area contributed by atoms with Crippen LogP contribution in [0.5, 0.6) is 0 Å². The summed E-state index contributed by atoms with van der Waals surface area (Å²) in [5.41, 5.74) is 0.341. The van der Waals surface area contributed by atoms with Crippen molar-refractivity contribution in [1.29, 1.82) is 10.5 Å². The first kappa shape index (κ1) is 19.0. The van der Waals surface area contributed by atoms with E-state index in [1.807, 2.05) is 17.5 Å². The van der Waals surface area contributed by atoms with Crippen molar-refractivity contribution < 1.29 is 9.59 Å². The Morgan fingerprint density at radius 3 is 2.50 bits per heavy atom. The number of nitrogens with one attached hydrogen (secondary N) is 3. The molecule has 1 heterocycles. The summed E-state index contributed by atoms with van der Waals surface area (Å²) >= 11 is 1.41. The number of carbonyl (C=O) groups excluding carboxylic acids is 2. The van der Waals surface area contributed by atoms with Crippen LogP contribution in [0.25, 0.3) is 0 Å². The van der Waals surface area contributed by atoms with Gasteiger partial charge in [-0.2, -0.15) is 21.9 Å². The second-order valence-electron chi connectivity index (χ2n) is 5.57. The quantitative estimate of drug-likeness (QED) is 0.680. The molecule has 0 spiro atoms. The van der Waals surface area contributed by atoms with E-state index in [0.717, 1.165) is 0 Å². The van der Waals surface area contributed by atoms with Crippen molar-refractivity contribution in [1.82, 2.24) is 10.6 Å². The predicted molar refractivity (Wildman–Crippen MR) is 98.2 cm³/mol. The smallest absolute Gasteiger partial charge is 0.320 e. The summed E-state index contributed by atoms with van der Waals surface area (Å²) in [4.78, 5) is 25.0. The van der Waals surface area contributed by atoms with Gasteiger partial charge in [-0.3, -0.25) is 4.79 Å². The van der Waals surface area contributed by atoms with Gasteiger partial charge in [0.05, 0.1) is 24.1 Å². The van der Waals surface area contributed by atoms with Crippen molar-refractivity contribution in [3.8, 4) is 12.1 Å². The topological polar surface area (TPSA) is 118 Å². The van der Waals surface area contributed by atoms with Gasteiger partial charge in [0.25, 0.3) is 0 Å². The molecular weight excluding hydrogens is 350 g/mol. The third-order valence-corrected chi connectivity index (χ3v) is 4.39. The Morgan fingerprint density at radius 2 is 1.92 bits per heavy atom. The lowest BCUT2D eigenvalue weighted by Crippen LogP contribution is -2.55. The van der Waals surface area contributed by atoms with E-state index in [4.69, 9.17) is 10.5 Å². The monoisotopic (exact) mass is 367 g/mol.